The molecule has 0 aliphatic carbocycles. The van der Waals surface area contributed by atoms with E-state index in [-0.39, 0.29) is 5.91 Å². The Morgan fingerprint density at radius 1 is 1.40 bits per heavy atom. The topological polar surface area (TPSA) is 59.2 Å². The summed E-state index contributed by atoms with van der Waals surface area (Å²) in [6, 6.07) is 3.91. The van der Waals surface area contributed by atoms with E-state index in [4.69, 9.17) is 4.52 Å². The van der Waals surface area contributed by atoms with Crippen LogP contribution in [-0.4, -0.2) is 45.5 Å². The van der Waals surface area contributed by atoms with Crippen molar-refractivity contribution in [2.24, 2.45) is 0 Å². The predicted octanol–water partition coefficient (Wildman–Crippen LogP) is 2.31. The summed E-state index contributed by atoms with van der Waals surface area (Å²) < 4.78 is 5.20. The molecule has 0 radical (unpaired) electrons. The number of hydrogen-bond acceptors (Lipinski definition) is 6. The molecule has 106 valence electrons. The molecule has 0 bridgehead atoms. The van der Waals surface area contributed by atoms with Crippen molar-refractivity contribution < 1.29 is 9.32 Å². The van der Waals surface area contributed by atoms with Gasteiger partial charge in [-0.25, -0.2) is 0 Å². The third-order valence-corrected chi connectivity index (χ3v) is 4.93. The van der Waals surface area contributed by atoms with E-state index in [0.29, 0.717) is 24.6 Å². The first-order valence-corrected chi connectivity index (χ1v) is 8.58. The lowest BCUT2D eigenvalue weighted by molar-refractivity contribution is -0.130. The lowest BCUT2D eigenvalue weighted by atomic mass is 10.2. The average Bonchev–Trinajstić information content (AvgIpc) is 3.16. The molecule has 1 amide bonds. The molecule has 0 atom stereocenters. The summed E-state index contributed by atoms with van der Waals surface area (Å²) in [6.45, 7) is 1.71. The van der Waals surface area contributed by atoms with Gasteiger partial charge in [-0.3, -0.25) is 4.79 Å². The number of amides is 1. The van der Waals surface area contributed by atoms with Gasteiger partial charge in [0.25, 0.3) is 0 Å². The van der Waals surface area contributed by atoms with Crippen LogP contribution in [0.15, 0.2) is 22.0 Å². The molecule has 0 aromatic carbocycles. The number of rotatable bonds is 4. The van der Waals surface area contributed by atoms with E-state index in [2.05, 4.69) is 10.1 Å². The van der Waals surface area contributed by atoms with E-state index >= 15 is 0 Å². The minimum Gasteiger partial charge on any atom is -0.341 e. The Morgan fingerprint density at radius 3 is 3.00 bits per heavy atom. The minimum absolute atomic E-state index is 0.182. The quantitative estimate of drug-likeness (QED) is 0.867. The maximum absolute atomic E-state index is 12.0. The van der Waals surface area contributed by atoms with Gasteiger partial charge in [0, 0.05) is 37.4 Å². The summed E-state index contributed by atoms with van der Waals surface area (Å²) in [4.78, 5) is 19.3. The molecule has 0 N–H and O–H groups in total. The number of aryl methyl sites for hydroxylation is 1. The first-order chi connectivity index (χ1) is 9.83. The highest BCUT2D eigenvalue weighted by molar-refractivity contribution is 7.99. The predicted molar refractivity (Wildman–Crippen MR) is 79.8 cm³/mol. The smallest absolute Gasteiger partial charge is 0.227 e. The average molecular weight is 309 g/mol. The zero-order valence-electron chi connectivity index (χ0n) is 10.9. The Kier molecular flexibility index (Phi) is 4.37. The molecular weight excluding hydrogens is 294 g/mol. The van der Waals surface area contributed by atoms with Gasteiger partial charge in [0.2, 0.25) is 17.6 Å². The number of thioether (sulfide) groups is 1. The fraction of sp³-hybridized carbons (Fsp3) is 0.462. The summed E-state index contributed by atoms with van der Waals surface area (Å²) in [5.41, 5.74) is 0. The van der Waals surface area contributed by atoms with Crippen molar-refractivity contribution in [1.82, 2.24) is 15.0 Å². The van der Waals surface area contributed by atoms with E-state index < -0.39 is 0 Å². The first-order valence-electron chi connectivity index (χ1n) is 6.55. The van der Waals surface area contributed by atoms with Crippen molar-refractivity contribution in [3.63, 3.8) is 0 Å². The van der Waals surface area contributed by atoms with Gasteiger partial charge in [0.1, 0.15) is 0 Å². The largest absolute Gasteiger partial charge is 0.341 e. The zero-order chi connectivity index (χ0) is 13.8. The van der Waals surface area contributed by atoms with Gasteiger partial charge >= 0.3 is 0 Å². The summed E-state index contributed by atoms with van der Waals surface area (Å²) >= 11 is 3.47. The van der Waals surface area contributed by atoms with Gasteiger partial charge in [0.15, 0.2) is 0 Å². The SMILES string of the molecule is O=C(CCc1nc(-c2cccs2)no1)N1CCSCC1. The molecule has 2 aromatic heterocycles. The van der Waals surface area contributed by atoms with Crippen LogP contribution in [0.25, 0.3) is 10.7 Å². The maximum Gasteiger partial charge on any atom is 0.227 e. The standard InChI is InChI=1S/C13H15N3O2S2/c17-12(16-5-8-19-9-6-16)4-3-11-14-13(15-18-11)10-2-1-7-20-10/h1-2,7H,3-6,8-9H2. The minimum atomic E-state index is 0.182. The van der Waals surface area contributed by atoms with E-state index in [1.54, 1.807) is 11.3 Å². The normalized spacial score (nSPS) is 15.5. The molecule has 7 heteroatoms. The Labute approximate surface area is 125 Å². The molecule has 20 heavy (non-hydrogen) atoms. The van der Waals surface area contributed by atoms with Crippen LogP contribution in [0.4, 0.5) is 0 Å². The molecule has 1 fully saturated rings. The summed E-state index contributed by atoms with van der Waals surface area (Å²) in [5.74, 6) is 3.40. The fourth-order valence-corrected chi connectivity index (χ4v) is 3.60. The van der Waals surface area contributed by atoms with Gasteiger partial charge in [0.05, 0.1) is 4.88 Å². The van der Waals surface area contributed by atoms with Gasteiger partial charge in [-0.05, 0) is 11.4 Å². The van der Waals surface area contributed by atoms with Crippen LogP contribution in [0.3, 0.4) is 0 Å². The van der Waals surface area contributed by atoms with Crippen LogP contribution in [0.2, 0.25) is 0 Å². The van der Waals surface area contributed by atoms with Gasteiger partial charge < -0.3 is 9.42 Å². The van der Waals surface area contributed by atoms with E-state index in [0.717, 1.165) is 29.5 Å². The van der Waals surface area contributed by atoms with Crippen molar-refractivity contribution in [2.75, 3.05) is 24.6 Å². The Hall–Kier alpha value is -1.34. The summed E-state index contributed by atoms with van der Waals surface area (Å²) in [5, 5.41) is 5.92. The number of hydrogen-bond donors (Lipinski definition) is 0. The second-order valence-corrected chi connectivity index (χ2v) is 6.65. The summed E-state index contributed by atoms with van der Waals surface area (Å²) in [7, 11) is 0. The third-order valence-electron chi connectivity index (χ3n) is 3.13. The van der Waals surface area contributed by atoms with Crippen molar-refractivity contribution in [1.29, 1.82) is 0 Å². The van der Waals surface area contributed by atoms with E-state index in [1.807, 2.05) is 34.2 Å². The lowest BCUT2D eigenvalue weighted by Crippen LogP contribution is -2.37. The van der Waals surface area contributed by atoms with Crippen LogP contribution in [0.5, 0.6) is 0 Å². The highest BCUT2D eigenvalue weighted by Gasteiger charge is 2.18. The van der Waals surface area contributed by atoms with Crippen molar-refractivity contribution in [2.45, 2.75) is 12.8 Å². The number of nitrogens with zero attached hydrogens (tertiary/aromatic N) is 3. The van der Waals surface area contributed by atoms with E-state index in [1.165, 1.54) is 0 Å². The summed E-state index contributed by atoms with van der Waals surface area (Å²) in [6.07, 6.45) is 0.956. The molecule has 0 spiro atoms. The third kappa shape index (κ3) is 3.21. The van der Waals surface area contributed by atoms with Crippen molar-refractivity contribution >= 4 is 29.0 Å². The van der Waals surface area contributed by atoms with Crippen LogP contribution >= 0.6 is 23.1 Å². The Bertz CT molecular complexity index is 562. The van der Waals surface area contributed by atoms with E-state index in [9.17, 15) is 4.79 Å². The van der Waals surface area contributed by atoms with Gasteiger partial charge in [-0.1, -0.05) is 11.2 Å². The highest BCUT2D eigenvalue weighted by Crippen LogP contribution is 2.21. The molecule has 1 aliphatic heterocycles. The van der Waals surface area contributed by atoms with Gasteiger partial charge in [-0.2, -0.15) is 16.7 Å². The highest BCUT2D eigenvalue weighted by atomic mass is 32.2. The van der Waals surface area contributed by atoms with Crippen molar-refractivity contribution in [3.8, 4) is 10.7 Å². The van der Waals surface area contributed by atoms with Gasteiger partial charge in [-0.15, -0.1) is 11.3 Å². The number of thiophene rings is 1. The number of carbonyl (C=O) groups is 1. The van der Waals surface area contributed by atoms with Crippen LogP contribution in [-0.2, 0) is 11.2 Å². The lowest BCUT2D eigenvalue weighted by Gasteiger charge is -2.26. The zero-order valence-corrected chi connectivity index (χ0v) is 12.6. The van der Waals surface area contributed by atoms with Crippen LogP contribution in [0, 0.1) is 0 Å². The molecule has 2 aromatic rings. The molecule has 1 saturated heterocycles. The molecular formula is C13H15N3O2S2. The number of aromatic nitrogens is 2. The molecule has 0 unspecified atom stereocenters. The van der Waals surface area contributed by atoms with Crippen LogP contribution in [0.1, 0.15) is 12.3 Å². The fourth-order valence-electron chi connectivity index (χ4n) is 2.05. The van der Waals surface area contributed by atoms with Crippen LogP contribution < -0.4 is 0 Å². The molecule has 3 heterocycles. The Morgan fingerprint density at radius 2 is 2.25 bits per heavy atom. The molecule has 1 aliphatic rings. The van der Waals surface area contributed by atoms with Crippen molar-refractivity contribution in [3.05, 3.63) is 23.4 Å². The molecule has 5 nitrogen and oxygen atoms in total. The molecule has 3 rings (SSSR count). The number of carbonyl (C=O) groups excluding carboxylic acids is 1. The Balaban J connectivity index is 1.54. The monoisotopic (exact) mass is 309 g/mol. The molecule has 0 saturated carbocycles. The second-order valence-electron chi connectivity index (χ2n) is 4.48. The maximum atomic E-state index is 12.0. The first kappa shape index (κ1) is 13.6. The second kappa shape index (κ2) is 6.41.